The highest BCUT2D eigenvalue weighted by Crippen LogP contribution is 2.16. The van der Waals surface area contributed by atoms with Crippen LogP contribution in [0.3, 0.4) is 0 Å². The monoisotopic (exact) mass is 290 g/mol. The molecule has 19 heavy (non-hydrogen) atoms. The molecular formula is C9H18N6O3S. The van der Waals surface area contributed by atoms with E-state index >= 15 is 0 Å². The zero-order valence-corrected chi connectivity index (χ0v) is 12.1. The molecular weight excluding hydrogens is 272 g/mol. The zero-order valence-electron chi connectivity index (χ0n) is 11.3. The van der Waals surface area contributed by atoms with Gasteiger partial charge in [-0.3, -0.25) is 5.43 Å². The second-order valence-electron chi connectivity index (χ2n) is 4.50. The van der Waals surface area contributed by atoms with Crippen LogP contribution in [0.25, 0.3) is 0 Å². The van der Waals surface area contributed by atoms with Gasteiger partial charge in [-0.2, -0.15) is 15.0 Å². The summed E-state index contributed by atoms with van der Waals surface area (Å²) < 4.78 is 27.1. The minimum atomic E-state index is -3.21. The van der Waals surface area contributed by atoms with Gasteiger partial charge in [0, 0.05) is 12.8 Å². The standard InChI is InChI=1S/C9H18N6O3S/c1-9(2,19(4,16)17)5-11-6-12-7(15-10)14-8(13-6)18-3/h5,10H2,1-4H3,(H2,11,12,13,14,15). The van der Waals surface area contributed by atoms with Crippen LogP contribution in [-0.2, 0) is 9.84 Å². The van der Waals surface area contributed by atoms with Crippen molar-refractivity contribution in [3.63, 3.8) is 0 Å². The van der Waals surface area contributed by atoms with Gasteiger partial charge < -0.3 is 10.1 Å². The topological polar surface area (TPSA) is 132 Å². The van der Waals surface area contributed by atoms with Crippen LogP contribution in [0.5, 0.6) is 6.01 Å². The molecule has 0 bridgehead atoms. The van der Waals surface area contributed by atoms with E-state index < -0.39 is 14.6 Å². The Morgan fingerprint density at radius 1 is 1.26 bits per heavy atom. The number of anilines is 2. The zero-order chi connectivity index (χ0) is 14.7. The van der Waals surface area contributed by atoms with Crippen molar-refractivity contribution in [1.82, 2.24) is 15.0 Å². The van der Waals surface area contributed by atoms with Gasteiger partial charge in [0.05, 0.1) is 11.9 Å². The van der Waals surface area contributed by atoms with Gasteiger partial charge in [-0.1, -0.05) is 0 Å². The number of methoxy groups -OCH3 is 1. The van der Waals surface area contributed by atoms with Crippen molar-refractivity contribution in [3.05, 3.63) is 0 Å². The van der Waals surface area contributed by atoms with Gasteiger partial charge in [0.1, 0.15) is 0 Å². The molecule has 0 atom stereocenters. The molecule has 0 amide bonds. The minimum Gasteiger partial charge on any atom is -0.467 e. The molecule has 1 rings (SSSR count). The normalized spacial score (nSPS) is 12.1. The van der Waals surface area contributed by atoms with Gasteiger partial charge in [0.2, 0.25) is 11.9 Å². The molecule has 0 spiro atoms. The van der Waals surface area contributed by atoms with Crippen molar-refractivity contribution in [3.8, 4) is 6.01 Å². The van der Waals surface area contributed by atoms with Crippen LogP contribution in [0.2, 0.25) is 0 Å². The van der Waals surface area contributed by atoms with E-state index in [0.29, 0.717) is 0 Å². The summed E-state index contributed by atoms with van der Waals surface area (Å²) in [7, 11) is -1.81. The fourth-order valence-corrected chi connectivity index (χ4v) is 1.35. The van der Waals surface area contributed by atoms with Crippen LogP contribution in [0.15, 0.2) is 0 Å². The van der Waals surface area contributed by atoms with Crippen molar-refractivity contribution in [2.45, 2.75) is 18.6 Å². The quantitative estimate of drug-likeness (QED) is 0.464. The van der Waals surface area contributed by atoms with Crippen molar-refractivity contribution >= 4 is 21.7 Å². The van der Waals surface area contributed by atoms with E-state index in [1.807, 2.05) is 0 Å². The molecule has 0 saturated carbocycles. The maximum absolute atomic E-state index is 11.6. The first-order valence-electron chi connectivity index (χ1n) is 5.40. The fraction of sp³-hybridized carbons (Fsp3) is 0.667. The Bertz CT molecular complexity index is 523. The molecule has 1 aromatic rings. The second kappa shape index (κ2) is 5.53. The first-order chi connectivity index (χ1) is 8.69. The minimum absolute atomic E-state index is 0.0719. The fourth-order valence-electron chi connectivity index (χ4n) is 1.01. The average Bonchev–Trinajstić information content (AvgIpc) is 2.34. The molecule has 108 valence electrons. The highest BCUT2D eigenvalue weighted by molar-refractivity contribution is 7.92. The maximum atomic E-state index is 11.6. The Balaban J connectivity index is 2.89. The third-order valence-corrected chi connectivity index (χ3v) is 4.75. The molecule has 0 aliphatic heterocycles. The summed E-state index contributed by atoms with van der Waals surface area (Å²) in [6, 6.07) is 0.0719. The summed E-state index contributed by atoms with van der Waals surface area (Å²) in [5.74, 6) is 5.51. The molecule has 0 saturated heterocycles. The van der Waals surface area contributed by atoms with Crippen molar-refractivity contribution in [2.24, 2.45) is 5.84 Å². The van der Waals surface area contributed by atoms with E-state index in [1.54, 1.807) is 13.8 Å². The smallest absolute Gasteiger partial charge is 0.322 e. The summed E-state index contributed by atoms with van der Waals surface area (Å²) >= 11 is 0. The van der Waals surface area contributed by atoms with Gasteiger partial charge >= 0.3 is 6.01 Å². The van der Waals surface area contributed by atoms with E-state index in [-0.39, 0.29) is 24.5 Å². The number of rotatable bonds is 6. The van der Waals surface area contributed by atoms with E-state index in [2.05, 4.69) is 25.7 Å². The Hall–Kier alpha value is -1.68. The van der Waals surface area contributed by atoms with E-state index in [4.69, 9.17) is 10.6 Å². The SMILES string of the molecule is COc1nc(NN)nc(NCC(C)(C)S(C)(=O)=O)n1. The number of aromatic nitrogens is 3. The first kappa shape index (κ1) is 15.4. The predicted octanol–water partition coefficient (Wildman–Crippen LogP) is -0.599. The highest BCUT2D eigenvalue weighted by Gasteiger charge is 2.30. The first-order valence-corrected chi connectivity index (χ1v) is 7.29. The molecule has 0 aliphatic rings. The Labute approximate surface area is 111 Å². The van der Waals surface area contributed by atoms with E-state index in [9.17, 15) is 8.42 Å². The number of nitrogens with zero attached hydrogens (tertiary/aromatic N) is 3. The van der Waals surface area contributed by atoms with Gasteiger partial charge in [0.25, 0.3) is 0 Å². The molecule has 0 fully saturated rings. The highest BCUT2D eigenvalue weighted by atomic mass is 32.2. The number of ether oxygens (including phenoxy) is 1. The van der Waals surface area contributed by atoms with Crippen LogP contribution >= 0.6 is 0 Å². The Morgan fingerprint density at radius 3 is 2.32 bits per heavy atom. The molecule has 1 aromatic heterocycles. The summed E-state index contributed by atoms with van der Waals surface area (Å²) in [5.41, 5.74) is 2.27. The largest absolute Gasteiger partial charge is 0.467 e. The number of sulfone groups is 1. The molecule has 4 N–H and O–H groups in total. The lowest BCUT2D eigenvalue weighted by molar-refractivity contribution is 0.379. The number of nitrogens with one attached hydrogen (secondary N) is 2. The molecule has 1 heterocycles. The van der Waals surface area contributed by atoms with Crippen LogP contribution in [0.1, 0.15) is 13.8 Å². The van der Waals surface area contributed by atoms with Gasteiger partial charge in [0.15, 0.2) is 9.84 Å². The van der Waals surface area contributed by atoms with E-state index in [0.717, 1.165) is 0 Å². The summed E-state index contributed by atoms with van der Waals surface area (Å²) in [6.07, 6.45) is 1.18. The van der Waals surface area contributed by atoms with Crippen LogP contribution in [0, 0.1) is 0 Å². The lowest BCUT2D eigenvalue weighted by Crippen LogP contribution is -2.38. The molecule has 0 aliphatic carbocycles. The van der Waals surface area contributed by atoms with Gasteiger partial charge in [-0.15, -0.1) is 0 Å². The van der Waals surface area contributed by atoms with Crippen LogP contribution in [0.4, 0.5) is 11.9 Å². The molecule has 10 heteroatoms. The lowest BCUT2D eigenvalue weighted by atomic mass is 10.2. The van der Waals surface area contributed by atoms with Gasteiger partial charge in [-0.25, -0.2) is 14.3 Å². The van der Waals surface area contributed by atoms with Crippen molar-refractivity contribution in [1.29, 1.82) is 0 Å². The number of nitrogens with two attached hydrogens (primary N) is 1. The Kier molecular flexibility index (Phi) is 4.48. The summed E-state index contributed by atoms with van der Waals surface area (Å²) in [5, 5.41) is 2.82. The predicted molar refractivity (Wildman–Crippen MR) is 71.6 cm³/mol. The van der Waals surface area contributed by atoms with Crippen LogP contribution < -0.4 is 21.3 Å². The van der Waals surface area contributed by atoms with Gasteiger partial charge in [-0.05, 0) is 13.8 Å². The molecule has 0 unspecified atom stereocenters. The molecule has 9 nitrogen and oxygen atoms in total. The van der Waals surface area contributed by atoms with Crippen molar-refractivity contribution < 1.29 is 13.2 Å². The van der Waals surface area contributed by atoms with Crippen LogP contribution in [-0.4, -0.2) is 48.0 Å². The summed E-state index contributed by atoms with van der Waals surface area (Å²) in [6.45, 7) is 3.36. The lowest BCUT2D eigenvalue weighted by Gasteiger charge is -2.22. The third-order valence-electron chi connectivity index (χ3n) is 2.60. The Morgan fingerprint density at radius 2 is 1.84 bits per heavy atom. The number of hydrazine groups is 1. The number of hydrogen-bond donors (Lipinski definition) is 3. The average molecular weight is 290 g/mol. The number of nitrogen functional groups attached to an aromatic ring is 1. The maximum Gasteiger partial charge on any atom is 0.322 e. The second-order valence-corrected chi connectivity index (χ2v) is 7.15. The molecule has 0 radical (unpaired) electrons. The van der Waals surface area contributed by atoms with Crippen molar-refractivity contribution in [2.75, 3.05) is 30.7 Å². The molecule has 0 aromatic carbocycles. The third kappa shape index (κ3) is 3.89. The van der Waals surface area contributed by atoms with E-state index in [1.165, 1.54) is 13.4 Å². The number of hydrogen-bond acceptors (Lipinski definition) is 9. The summed E-state index contributed by atoms with van der Waals surface area (Å²) in [4.78, 5) is 11.7.